The number of ether oxygens (including phenoxy) is 1. The fourth-order valence-electron chi connectivity index (χ4n) is 13.2. The predicted molar refractivity (Wildman–Crippen MR) is 407 cm³/mol. The molecule has 0 aliphatic heterocycles. The number of carbonyl (C=O) groups excluding carboxylic acids is 2. The maximum atomic E-state index is 12.6. The zero-order valence-corrected chi connectivity index (χ0v) is 62.3. The summed E-state index contributed by atoms with van der Waals surface area (Å²) >= 11 is 0. The van der Waals surface area contributed by atoms with Gasteiger partial charge in [-0.25, -0.2) is 0 Å². The minimum absolute atomic E-state index is 0.0133. The summed E-state index contributed by atoms with van der Waals surface area (Å²) in [6, 6.07) is -0.627. The van der Waals surface area contributed by atoms with Crippen LogP contribution < -0.4 is 5.32 Å². The Kier molecular flexibility index (Phi) is 79.3. The van der Waals surface area contributed by atoms with Crippen molar-refractivity contribution < 1.29 is 24.5 Å². The van der Waals surface area contributed by atoms with E-state index in [0.29, 0.717) is 19.4 Å². The molecule has 0 saturated carbocycles. The van der Waals surface area contributed by atoms with Gasteiger partial charge in [0.1, 0.15) is 0 Å². The first kappa shape index (κ1) is 89.8. The molecule has 2 unspecified atom stereocenters. The number of esters is 1. The number of nitrogens with one attached hydrogen (secondary N) is 1. The van der Waals surface area contributed by atoms with Crippen LogP contribution in [0.5, 0.6) is 0 Å². The summed E-state index contributed by atoms with van der Waals surface area (Å²) in [7, 11) is 0. The van der Waals surface area contributed by atoms with Crippen molar-refractivity contribution in [2.24, 2.45) is 0 Å². The van der Waals surface area contributed by atoms with E-state index in [0.717, 1.165) is 51.4 Å². The second kappa shape index (κ2) is 81.2. The first-order chi connectivity index (χ1) is 45.5. The third-order valence-corrected chi connectivity index (χ3v) is 19.6. The SMILES string of the molecule is CCCCCC/C=C\C/C=C\CCCCCCCCCC(=O)OCCCCCCCCCCCCCCCC/C=C\CCCCCCCCCCCCCCCCCCCC(=O)NC(CO)C(O)/C=C/CCCCCCCCCCCCCCCCCCCCCC. The highest BCUT2D eigenvalue weighted by molar-refractivity contribution is 5.76. The Morgan fingerprint density at radius 3 is 0.848 bits per heavy atom. The van der Waals surface area contributed by atoms with Gasteiger partial charge < -0.3 is 20.3 Å². The molecule has 0 radical (unpaired) electrons. The summed E-state index contributed by atoms with van der Waals surface area (Å²) < 4.78 is 5.51. The lowest BCUT2D eigenvalue weighted by atomic mass is 10.0. The van der Waals surface area contributed by atoms with Crippen LogP contribution in [-0.2, 0) is 14.3 Å². The van der Waals surface area contributed by atoms with E-state index in [9.17, 15) is 19.8 Å². The van der Waals surface area contributed by atoms with Gasteiger partial charge in [-0.2, -0.15) is 0 Å². The summed E-state index contributed by atoms with van der Waals surface area (Å²) in [5.41, 5.74) is 0. The van der Waals surface area contributed by atoms with E-state index in [-0.39, 0.29) is 18.5 Å². The number of hydrogen-bond acceptors (Lipinski definition) is 5. The fraction of sp³-hybridized carbons (Fsp3) is 0.884. The molecule has 3 N–H and O–H groups in total. The van der Waals surface area contributed by atoms with E-state index in [1.807, 2.05) is 6.08 Å². The molecule has 0 aliphatic rings. The van der Waals surface area contributed by atoms with Crippen LogP contribution in [0.3, 0.4) is 0 Å². The molecule has 6 heteroatoms. The average Bonchev–Trinajstić information content (AvgIpc) is 3.77. The molecule has 0 aromatic heterocycles. The number of amides is 1. The first-order valence-electron chi connectivity index (χ1n) is 41.9. The van der Waals surface area contributed by atoms with Gasteiger partial charge in [-0.15, -0.1) is 0 Å². The van der Waals surface area contributed by atoms with Gasteiger partial charge in [0.25, 0.3) is 0 Å². The van der Waals surface area contributed by atoms with E-state index < -0.39 is 12.1 Å². The van der Waals surface area contributed by atoms with Gasteiger partial charge in [0, 0.05) is 12.8 Å². The van der Waals surface area contributed by atoms with Crippen molar-refractivity contribution in [1.29, 1.82) is 0 Å². The summed E-state index contributed by atoms with van der Waals surface area (Å²) in [6.07, 6.45) is 108. The molecular weight excluding hydrogens is 1130 g/mol. The number of allylic oxidation sites excluding steroid dienone is 7. The molecule has 0 rings (SSSR count). The number of aliphatic hydroxyl groups excluding tert-OH is 2. The summed E-state index contributed by atoms with van der Waals surface area (Å²) in [6.45, 7) is 4.93. The van der Waals surface area contributed by atoms with Crippen molar-refractivity contribution in [3.8, 4) is 0 Å². The van der Waals surface area contributed by atoms with Gasteiger partial charge in [-0.05, 0) is 89.9 Å². The Labute approximate surface area is 576 Å². The standard InChI is InChI=1S/C86H163NO5/c1-3-5-7-9-11-13-15-17-19-21-23-24-40-43-46-50-54-58-62-66-70-74-78-84(89)83(82-88)87-85(90)79-75-71-67-63-59-55-51-47-44-41-38-36-34-32-30-28-26-25-27-29-31-33-35-37-39-42-45-49-53-57-61-65-69-73-77-81-92-86(91)80-76-72-68-64-60-56-52-48-22-20-18-16-14-12-10-8-6-4-2/h14,16,20,22,27,29,74,78,83-84,88-89H,3-13,15,17-19,21,23-26,28,30-73,75-77,79-82H2,1-2H3,(H,87,90)/b16-14-,22-20-,29-27-,78-74+. The highest BCUT2D eigenvalue weighted by atomic mass is 16.5. The van der Waals surface area contributed by atoms with E-state index in [2.05, 4.69) is 55.6 Å². The van der Waals surface area contributed by atoms with Crippen LogP contribution in [0.2, 0.25) is 0 Å². The molecule has 92 heavy (non-hydrogen) atoms. The van der Waals surface area contributed by atoms with Crippen LogP contribution in [-0.4, -0.2) is 47.4 Å². The molecule has 2 atom stereocenters. The summed E-state index contributed by atoms with van der Waals surface area (Å²) in [5, 5.41) is 23.3. The van der Waals surface area contributed by atoms with Crippen LogP contribution in [0, 0.1) is 0 Å². The quantitative estimate of drug-likeness (QED) is 0.0320. The average molecular weight is 1290 g/mol. The molecule has 0 aliphatic carbocycles. The van der Waals surface area contributed by atoms with Crippen molar-refractivity contribution >= 4 is 11.9 Å². The van der Waals surface area contributed by atoms with Gasteiger partial charge in [-0.1, -0.05) is 409 Å². The summed E-state index contributed by atoms with van der Waals surface area (Å²) in [4.78, 5) is 24.7. The third kappa shape index (κ3) is 76.8. The van der Waals surface area contributed by atoms with Gasteiger partial charge in [0.2, 0.25) is 5.91 Å². The number of aliphatic hydroxyl groups is 2. The Hall–Kier alpha value is -2.18. The topological polar surface area (TPSA) is 95.9 Å². The molecule has 0 fully saturated rings. The first-order valence-corrected chi connectivity index (χ1v) is 41.9. The monoisotopic (exact) mass is 1290 g/mol. The molecule has 0 heterocycles. The van der Waals surface area contributed by atoms with Crippen molar-refractivity contribution in [1.82, 2.24) is 5.32 Å². The van der Waals surface area contributed by atoms with Crippen LogP contribution in [0.1, 0.15) is 463 Å². The van der Waals surface area contributed by atoms with Crippen molar-refractivity contribution in [2.45, 2.75) is 475 Å². The molecule has 0 aromatic carbocycles. The minimum atomic E-state index is -0.844. The van der Waals surface area contributed by atoms with E-state index in [1.165, 1.54) is 385 Å². The normalized spacial score (nSPS) is 12.7. The van der Waals surface area contributed by atoms with Crippen LogP contribution in [0.15, 0.2) is 48.6 Å². The van der Waals surface area contributed by atoms with E-state index in [4.69, 9.17) is 4.74 Å². The lowest BCUT2D eigenvalue weighted by Gasteiger charge is -2.20. The Morgan fingerprint density at radius 2 is 0.543 bits per heavy atom. The third-order valence-electron chi connectivity index (χ3n) is 19.6. The number of unbranched alkanes of at least 4 members (excludes halogenated alkanes) is 62. The maximum Gasteiger partial charge on any atom is 0.305 e. The van der Waals surface area contributed by atoms with Gasteiger partial charge in [0.05, 0.1) is 25.4 Å². The second-order valence-corrected chi connectivity index (χ2v) is 28.8. The molecule has 0 aromatic rings. The highest BCUT2D eigenvalue weighted by Crippen LogP contribution is 2.20. The number of hydrogen-bond donors (Lipinski definition) is 3. The lowest BCUT2D eigenvalue weighted by Crippen LogP contribution is -2.45. The van der Waals surface area contributed by atoms with Crippen molar-refractivity contribution in [2.75, 3.05) is 13.2 Å². The molecule has 542 valence electrons. The smallest absolute Gasteiger partial charge is 0.305 e. The minimum Gasteiger partial charge on any atom is -0.466 e. The van der Waals surface area contributed by atoms with Gasteiger partial charge in [0.15, 0.2) is 0 Å². The molecule has 0 bridgehead atoms. The maximum absolute atomic E-state index is 12.6. The molecule has 6 nitrogen and oxygen atoms in total. The van der Waals surface area contributed by atoms with Crippen LogP contribution in [0.4, 0.5) is 0 Å². The zero-order chi connectivity index (χ0) is 66.3. The van der Waals surface area contributed by atoms with E-state index >= 15 is 0 Å². The fourth-order valence-corrected chi connectivity index (χ4v) is 13.2. The van der Waals surface area contributed by atoms with Crippen molar-refractivity contribution in [3.63, 3.8) is 0 Å². The second-order valence-electron chi connectivity index (χ2n) is 28.8. The molecule has 0 saturated heterocycles. The Bertz CT molecular complexity index is 1540. The predicted octanol–water partition coefficient (Wildman–Crippen LogP) is 27.9. The largest absolute Gasteiger partial charge is 0.466 e. The Balaban J connectivity index is 3.36. The van der Waals surface area contributed by atoms with Crippen molar-refractivity contribution in [3.05, 3.63) is 48.6 Å². The lowest BCUT2D eigenvalue weighted by molar-refractivity contribution is -0.143. The van der Waals surface area contributed by atoms with Crippen LogP contribution >= 0.6 is 0 Å². The number of carbonyl (C=O) groups is 2. The Morgan fingerprint density at radius 1 is 0.304 bits per heavy atom. The van der Waals surface area contributed by atoms with Gasteiger partial charge >= 0.3 is 5.97 Å². The summed E-state index contributed by atoms with van der Waals surface area (Å²) in [5.74, 6) is -0.0465. The molecule has 0 spiro atoms. The molecular formula is C86H163NO5. The number of rotatable bonds is 79. The van der Waals surface area contributed by atoms with Gasteiger partial charge in [-0.3, -0.25) is 9.59 Å². The van der Waals surface area contributed by atoms with E-state index in [1.54, 1.807) is 6.08 Å². The molecule has 1 amide bonds. The van der Waals surface area contributed by atoms with Crippen LogP contribution in [0.25, 0.3) is 0 Å². The zero-order valence-electron chi connectivity index (χ0n) is 62.3. The highest BCUT2D eigenvalue weighted by Gasteiger charge is 2.18.